The lowest BCUT2D eigenvalue weighted by molar-refractivity contribution is 0.0697. The van der Waals surface area contributed by atoms with Crippen LogP contribution < -0.4 is 4.90 Å². The van der Waals surface area contributed by atoms with E-state index in [1.807, 2.05) is 24.3 Å². The van der Waals surface area contributed by atoms with E-state index in [4.69, 9.17) is 5.11 Å². The quantitative estimate of drug-likeness (QED) is 0.930. The van der Waals surface area contributed by atoms with Crippen molar-refractivity contribution in [2.75, 3.05) is 11.4 Å². The minimum absolute atomic E-state index is 0.364. The number of aromatic nitrogens is 1. The second-order valence-corrected chi connectivity index (χ2v) is 4.99. The Morgan fingerprint density at radius 1 is 1.30 bits per heavy atom. The number of fused-ring (bicyclic) bond motifs is 1. The largest absolute Gasteiger partial charge is 0.478 e. The van der Waals surface area contributed by atoms with Crippen LogP contribution in [0.1, 0.15) is 28.0 Å². The number of carbonyl (C=O) groups is 1. The first-order valence-corrected chi connectivity index (χ1v) is 6.75. The number of carboxylic acids is 1. The molecule has 4 heteroatoms. The van der Waals surface area contributed by atoms with Gasteiger partial charge in [-0.2, -0.15) is 0 Å². The first-order valence-electron chi connectivity index (χ1n) is 6.75. The van der Waals surface area contributed by atoms with Gasteiger partial charge >= 0.3 is 5.97 Å². The van der Waals surface area contributed by atoms with Gasteiger partial charge in [0.2, 0.25) is 0 Å². The van der Waals surface area contributed by atoms with Gasteiger partial charge in [-0.3, -0.25) is 4.98 Å². The lowest BCUT2D eigenvalue weighted by atomic mass is 9.99. The van der Waals surface area contributed by atoms with E-state index in [0.717, 1.165) is 42.9 Å². The van der Waals surface area contributed by atoms with Crippen molar-refractivity contribution in [3.05, 3.63) is 59.4 Å². The number of nitrogens with zero attached hydrogens (tertiary/aromatic N) is 2. The van der Waals surface area contributed by atoms with Gasteiger partial charge in [0.05, 0.1) is 17.8 Å². The number of pyridine rings is 1. The molecule has 0 aliphatic carbocycles. The maximum atomic E-state index is 11.0. The second-order valence-electron chi connectivity index (χ2n) is 4.99. The molecule has 0 saturated carbocycles. The van der Waals surface area contributed by atoms with Crippen LogP contribution in [0.5, 0.6) is 0 Å². The summed E-state index contributed by atoms with van der Waals surface area (Å²) >= 11 is 0. The summed E-state index contributed by atoms with van der Waals surface area (Å²) in [5.74, 6) is -0.866. The topological polar surface area (TPSA) is 53.4 Å². The maximum Gasteiger partial charge on any atom is 0.335 e. The van der Waals surface area contributed by atoms with Gasteiger partial charge in [-0.05, 0) is 48.7 Å². The highest BCUT2D eigenvalue weighted by Crippen LogP contribution is 2.29. The van der Waals surface area contributed by atoms with Crippen molar-refractivity contribution in [1.82, 2.24) is 4.98 Å². The van der Waals surface area contributed by atoms with Crippen LogP contribution >= 0.6 is 0 Å². The predicted molar refractivity (Wildman–Crippen MR) is 77.0 cm³/mol. The Balaban J connectivity index is 1.88. The fraction of sp³-hybridized carbons (Fsp3) is 0.250. The van der Waals surface area contributed by atoms with Crippen molar-refractivity contribution >= 4 is 11.7 Å². The van der Waals surface area contributed by atoms with Crippen LogP contribution in [0.25, 0.3) is 0 Å². The molecule has 0 bridgehead atoms. The summed E-state index contributed by atoms with van der Waals surface area (Å²) in [4.78, 5) is 17.7. The maximum absolute atomic E-state index is 11.0. The zero-order valence-electron chi connectivity index (χ0n) is 11.1. The smallest absolute Gasteiger partial charge is 0.335 e. The lowest BCUT2D eigenvalue weighted by Crippen LogP contribution is -2.29. The molecule has 1 aromatic carbocycles. The Bertz CT molecular complexity index is 626. The monoisotopic (exact) mass is 268 g/mol. The molecule has 1 aliphatic rings. The Labute approximate surface area is 117 Å². The number of benzene rings is 1. The summed E-state index contributed by atoms with van der Waals surface area (Å²) < 4.78 is 0. The van der Waals surface area contributed by atoms with Crippen LogP contribution in [0.2, 0.25) is 0 Å². The van der Waals surface area contributed by atoms with Crippen LogP contribution in [-0.4, -0.2) is 22.6 Å². The Morgan fingerprint density at radius 2 is 2.20 bits per heavy atom. The van der Waals surface area contributed by atoms with Crippen molar-refractivity contribution in [3.63, 3.8) is 0 Å². The molecule has 102 valence electrons. The molecule has 0 fully saturated rings. The summed E-state index contributed by atoms with van der Waals surface area (Å²) in [7, 11) is 0. The van der Waals surface area contributed by atoms with Gasteiger partial charge in [-0.25, -0.2) is 4.79 Å². The molecule has 4 nitrogen and oxygen atoms in total. The first-order chi connectivity index (χ1) is 9.74. The third-order valence-electron chi connectivity index (χ3n) is 3.62. The Morgan fingerprint density at radius 3 is 2.95 bits per heavy atom. The van der Waals surface area contributed by atoms with Gasteiger partial charge in [0, 0.05) is 18.4 Å². The molecule has 0 atom stereocenters. The van der Waals surface area contributed by atoms with Crippen molar-refractivity contribution in [2.24, 2.45) is 0 Å². The summed E-state index contributed by atoms with van der Waals surface area (Å²) in [6, 6.07) is 11.3. The highest BCUT2D eigenvalue weighted by atomic mass is 16.4. The van der Waals surface area contributed by atoms with E-state index in [9.17, 15) is 4.79 Å². The zero-order valence-corrected chi connectivity index (χ0v) is 11.1. The average Bonchev–Trinajstić information content (AvgIpc) is 2.48. The molecule has 0 unspecified atom stereocenters. The fourth-order valence-corrected chi connectivity index (χ4v) is 2.66. The van der Waals surface area contributed by atoms with Gasteiger partial charge in [0.15, 0.2) is 0 Å². The minimum atomic E-state index is -0.866. The molecule has 1 aromatic heterocycles. The van der Waals surface area contributed by atoms with E-state index in [1.165, 1.54) is 0 Å². The van der Waals surface area contributed by atoms with Gasteiger partial charge in [0.25, 0.3) is 0 Å². The molecule has 0 amide bonds. The van der Waals surface area contributed by atoms with Gasteiger partial charge < -0.3 is 10.0 Å². The summed E-state index contributed by atoms with van der Waals surface area (Å²) in [5, 5.41) is 9.06. The molecule has 2 heterocycles. The summed E-state index contributed by atoms with van der Waals surface area (Å²) in [6.45, 7) is 1.75. The van der Waals surface area contributed by atoms with E-state index in [2.05, 4.69) is 9.88 Å². The third kappa shape index (κ3) is 2.50. The summed E-state index contributed by atoms with van der Waals surface area (Å²) in [6.07, 6.45) is 3.78. The second kappa shape index (κ2) is 5.33. The van der Waals surface area contributed by atoms with Crippen LogP contribution in [0, 0.1) is 0 Å². The first kappa shape index (κ1) is 12.7. The number of hydrogen-bond donors (Lipinski definition) is 1. The Kier molecular flexibility index (Phi) is 3.37. The van der Waals surface area contributed by atoms with Gasteiger partial charge in [-0.1, -0.05) is 6.07 Å². The van der Waals surface area contributed by atoms with Crippen LogP contribution in [0.3, 0.4) is 0 Å². The third-order valence-corrected chi connectivity index (χ3v) is 3.62. The van der Waals surface area contributed by atoms with E-state index in [0.29, 0.717) is 5.56 Å². The average molecular weight is 268 g/mol. The molecule has 0 spiro atoms. The highest BCUT2D eigenvalue weighted by Gasteiger charge is 2.18. The van der Waals surface area contributed by atoms with E-state index < -0.39 is 5.97 Å². The van der Waals surface area contributed by atoms with E-state index >= 15 is 0 Å². The molecule has 3 rings (SSSR count). The number of hydrogen-bond acceptors (Lipinski definition) is 3. The molecule has 20 heavy (non-hydrogen) atoms. The van der Waals surface area contributed by atoms with Crippen molar-refractivity contribution in [1.29, 1.82) is 0 Å². The van der Waals surface area contributed by atoms with Gasteiger partial charge in [0.1, 0.15) is 0 Å². The molecule has 1 aliphatic heterocycles. The van der Waals surface area contributed by atoms with Crippen molar-refractivity contribution < 1.29 is 9.90 Å². The normalized spacial score (nSPS) is 13.9. The summed E-state index contributed by atoms with van der Waals surface area (Å²) in [5.41, 5.74) is 3.64. The number of carboxylic acid groups (broad SMARTS) is 1. The van der Waals surface area contributed by atoms with Crippen molar-refractivity contribution in [3.8, 4) is 0 Å². The van der Waals surface area contributed by atoms with Crippen LogP contribution in [0.15, 0.2) is 42.6 Å². The molecule has 2 aromatic rings. The van der Waals surface area contributed by atoms with Crippen LogP contribution in [-0.2, 0) is 13.0 Å². The minimum Gasteiger partial charge on any atom is -0.478 e. The van der Waals surface area contributed by atoms with Gasteiger partial charge in [-0.15, -0.1) is 0 Å². The number of aryl methyl sites for hydroxylation is 1. The molecule has 1 N–H and O–H groups in total. The Hall–Kier alpha value is -2.36. The molecule has 0 radical (unpaired) electrons. The van der Waals surface area contributed by atoms with E-state index in [1.54, 1.807) is 18.3 Å². The SMILES string of the molecule is O=C(O)c1ccc2c(c1)CCCN2Cc1ccccn1. The lowest BCUT2D eigenvalue weighted by Gasteiger charge is -2.31. The molecular formula is C16H16N2O2. The standard InChI is InChI=1S/C16H16N2O2/c19-16(20)13-6-7-15-12(10-13)4-3-9-18(15)11-14-5-1-2-8-17-14/h1-2,5-8,10H,3-4,9,11H2,(H,19,20). The number of rotatable bonds is 3. The molecule has 0 saturated heterocycles. The van der Waals surface area contributed by atoms with Crippen LogP contribution in [0.4, 0.5) is 5.69 Å². The van der Waals surface area contributed by atoms with E-state index in [-0.39, 0.29) is 0 Å². The molecular weight excluding hydrogens is 252 g/mol. The zero-order chi connectivity index (χ0) is 13.9. The predicted octanol–water partition coefficient (Wildman–Crippen LogP) is 2.73. The van der Waals surface area contributed by atoms with Crippen molar-refractivity contribution in [2.45, 2.75) is 19.4 Å². The number of anilines is 1. The number of aromatic carboxylic acids is 1. The highest BCUT2D eigenvalue weighted by molar-refractivity contribution is 5.88. The fourth-order valence-electron chi connectivity index (χ4n) is 2.66.